The van der Waals surface area contributed by atoms with Gasteiger partial charge in [0.15, 0.2) is 0 Å². The predicted octanol–water partition coefficient (Wildman–Crippen LogP) is 2.15. The molecule has 0 saturated heterocycles. The van der Waals surface area contributed by atoms with Crippen molar-refractivity contribution in [3.05, 3.63) is 0 Å². The lowest BCUT2D eigenvalue weighted by Gasteiger charge is -2.53. The van der Waals surface area contributed by atoms with Gasteiger partial charge >= 0.3 is 0 Å². The van der Waals surface area contributed by atoms with Gasteiger partial charge in [0.1, 0.15) is 5.78 Å². The predicted molar refractivity (Wildman–Crippen MR) is 74.9 cm³/mol. The van der Waals surface area contributed by atoms with Crippen molar-refractivity contribution in [3.63, 3.8) is 0 Å². The van der Waals surface area contributed by atoms with Crippen molar-refractivity contribution in [2.45, 2.75) is 63.6 Å². The minimum Gasteiger partial charge on any atom is -0.393 e. The van der Waals surface area contributed by atoms with Crippen LogP contribution in [0, 0.1) is 35.5 Å². The van der Waals surface area contributed by atoms with Crippen molar-refractivity contribution in [2.75, 3.05) is 0 Å². The molecular weight excluding hydrogens is 252 g/mol. The van der Waals surface area contributed by atoms with E-state index in [9.17, 15) is 15.0 Å². The number of rotatable bonds is 0. The maximum absolute atomic E-state index is 12.0. The van der Waals surface area contributed by atoms with Gasteiger partial charge in [-0.3, -0.25) is 4.79 Å². The molecule has 0 radical (unpaired) electrons. The molecule has 0 heterocycles. The molecule has 4 aliphatic carbocycles. The van der Waals surface area contributed by atoms with E-state index in [0.717, 1.165) is 38.5 Å². The van der Waals surface area contributed by atoms with Crippen LogP contribution in [-0.4, -0.2) is 28.2 Å². The van der Waals surface area contributed by atoms with Gasteiger partial charge in [-0.15, -0.1) is 0 Å². The fourth-order valence-corrected chi connectivity index (χ4v) is 6.26. The van der Waals surface area contributed by atoms with Crippen LogP contribution in [0.5, 0.6) is 0 Å². The highest BCUT2D eigenvalue weighted by Gasteiger charge is 2.54. The second-order valence-electron chi connectivity index (χ2n) is 7.79. The normalized spacial score (nSPS) is 55.0. The average molecular weight is 278 g/mol. The Bertz CT molecular complexity index is 407. The Morgan fingerprint density at radius 1 is 0.850 bits per heavy atom. The number of hydrogen-bond acceptors (Lipinski definition) is 3. The average Bonchev–Trinajstić information content (AvgIpc) is 2.80. The lowest BCUT2D eigenvalue weighted by molar-refractivity contribution is -0.134. The molecule has 2 N–H and O–H groups in total. The van der Waals surface area contributed by atoms with Crippen LogP contribution >= 0.6 is 0 Å². The molecule has 0 aliphatic heterocycles. The summed E-state index contributed by atoms with van der Waals surface area (Å²) in [6, 6.07) is 0. The Kier molecular flexibility index (Phi) is 3.19. The van der Waals surface area contributed by atoms with Crippen LogP contribution in [0.3, 0.4) is 0 Å². The van der Waals surface area contributed by atoms with Gasteiger partial charge in [0, 0.05) is 12.3 Å². The number of Topliss-reactive ketones (excluding diaryl/α,β-unsaturated/α-hetero) is 1. The highest BCUT2D eigenvalue weighted by molar-refractivity contribution is 5.83. The summed E-state index contributed by atoms with van der Waals surface area (Å²) in [6.07, 6.45) is 7.44. The van der Waals surface area contributed by atoms with Crippen LogP contribution < -0.4 is 0 Å². The first-order chi connectivity index (χ1) is 9.65. The van der Waals surface area contributed by atoms with E-state index in [2.05, 4.69) is 0 Å². The van der Waals surface area contributed by atoms with Crippen molar-refractivity contribution in [3.8, 4) is 0 Å². The summed E-state index contributed by atoms with van der Waals surface area (Å²) in [5.41, 5.74) is 0. The molecule has 0 bridgehead atoms. The van der Waals surface area contributed by atoms with Crippen LogP contribution in [0.15, 0.2) is 0 Å². The molecule has 4 saturated carbocycles. The Morgan fingerprint density at radius 3 is 2.50 bits per heavy atom. The quantitative estimate of drug-likeness (QED) is 0.714. The van der Waals surface area contributed by atoms with E-state index in [0.29, 0.717) is 35.4 Å². The molecule has 4 fully saturated rings. The Hall–Kier alpha value is -0.410. The molecule has 0 aromatic carbocycles. The zero-order valence-electron chi connectivity index (χ0n) is 12.1. The second-order valence-corrected chi connectivity index (χ2v) is 7.79. The fraction of sp³-hybridized carbons (Fsp3) is 0.941. The lowest BCUT2D eigenvalue weighted by atomic mass is 9.52. The van der Waals surface area contributed by atoms with E-state index in [-0.39, 0.29) is 18.1 Å². The topological polar surface area (TPSA) is 57.5 Å². The van der Waals surface area contributed by atoms with Crippen molar-refractivity contribution in [1.29, 1.82) is 0 Å². The molecule has 3 nitrogen and oxygen atoms in total. The zero-order valence-corrected chi connectivity index (χ0v) is 12.1. The van der Waals surface area contributed by atoms with E-state index in [4.69, 9.17) is 0 Å². The summed E-state index contributed by atoms with van der Waals surface area (Å²) < 4.78 is 0. The Balaban J connectivity index is 1.59. The van der Waals surface area contributed by atoms with Crippen molar-refractivity contribution >= 4 is 5.78 Å². The molecule has 4 aliphatic rings. The fourth-order valence-electron chi connectivity index (χ4n) is 6.26. The Labute approximate surface area is 120 Å². The van der Waals surface area contributed by atoms with Gasteiger partial charge < -0.3 is 10.2 Å². The molecule has 0 spiro atoms. The first-order valence-corrected chi connectivity index (χ1v) is 8.54. The third-order valence-electron chi connectivity index (χ3n) is 7.02. The summed E-state index contributed by atoms with van der Waals surface area (Å²) in [5.74, 6) is 3.33. The lowest BCUT2D eigenvalue weighted by Crippen LogP contribution is -2.51. The largest absolute Gasteiger partial charge is 0.393 e. The molecule has 0 aromatic heterocycles. The number of fused-ring (bicyclic) bond motifs is 5. The minimum atomic E-state index is -0.272. The molecular formula is C17H26O3. The van der Waals surface area contributed by atoms with E-state index >= 15 is 0 Å². The first-order valence-electron chi connectivity index (χ1n) is 8.54. The van der Waals surface area contributed by atoms with Gasteiger partial charge in [0.2, 0.25) is 0 Å². The maximum atomic E-state index is 12.0. The third-order valence-corrected chi connectivity index (χ3v) is 7.02. The van der Waals surface area contributed by atoms with Gasteiger partial charge in [0.05, 0.1) is 12.2 Å². The number of hydrogen-bond donors (Lipinski definition) is 2. The van der Waals surface area contributed by atoms with Gasteiger partial charge in [-0.05, 0) is 74.5 Å². The summed E-state index contributed by atoms with van der Waals surface area (Å²) in [5, 5.41) is 20.5. The van der Waals surface area contributed by atoms with Crippen molar-refractivity contribution in [2.24, 2.45) is 35.5 Å². The summed E-state index contributed by atoms with van der Waals surface area (Å²) >= 11 is 0. The van der Waals surface area contributed by atoms with Crippen LogP contribution in [0.4, 0.5) is 0 Å². The molecule has 4 rings (SSSR count). The molecule has 112 valence electrons. The molecule has 5 unspecified atom stereocenters. The SMILES string of the molecule is O=C1CCC2C1C[C@H](O)C1C2CC[C@H]2C[C@H](O)CCC12. The smallest absolute Gasteiger partial charge is 0.136 e. The number of carbonyl (C=O) groups is 1. The van der Waals surface area contributed by atoms with Gasteiger partial charge in [-0.1, -0.05) is 0 Å². The first kappa shape index (κ1) is 13.3. The molecule has 20 heavy (non-hydrogen) atoms. The number of aliphatic hydroxyl groups is 2. The van der Waals surface area contributed by atoms with E-state index in [1.165, 1.54) is 12.8 Å². The summed E-state index contributed by atoms with van der Waals surface area (Å²) in [6.45, 7) is 0. The number of ketones is 1. The van der Waals surface area contributed by atoms with E-state index in [1.54, 1.807) is 0 Å². The minimum absolute atomic E-state index is 0.116. The standard InChI is InChI=1S/C17H26O3/c18-10-2-4-11-9(7-10)1-3-13-12-5-6-15(19)14(12)8-16(20)17(11)13/h9-14,16-18,20H,1-8H2/t9-,10+,11?,12?,13?,14?,16-,17?/m0/s1. The van der Waals surface area contributed by atoms with Crippen molar-refractivity contribution < 1.29 is 15.0 Å². The Morgan fingerprint density at radius 2 is 1.65 bits per heavy atom. The van der Waals surface area contributed by atoms with Gasteiger partial charge in [0.25, 0.3) is 0 Å². The molecule has 8 atom stereocenters. The van der Waals surface area contributed by atoms with E-state index < -0.39 is 0 Å². The number of aliphatic hydroxyl groups excluding tert-OH is 2. The van der Waals surface area contributed by atoms with Gasteiger partial charge in [-0.25, -0.2) is 0 Å². The zero-order chi connectivity index (χ0) is 13.9. The summed E-state index contributed by atoms with van der Waals surface area (Å²) in [4.78, 5) is 12.0. The monoisotopic (exact) mass is 278 g/mol. The number of carbonyl (C=O) groups excluding carboxylic acids is 1. The van der Waals surface area contributed by atoms with Gasteiger partial charge in [-0.2, -0.15) is 0 Å². The third kappa shape index (κ3) is 1.89. The molecule has 3 heteroatoms. The highest BCUT2D eigenvalue weighted by atomic mass is 16.3. The van der Waals surface area contributed by atoms with Crippen LogP contribution in [0.1, 0.15) is 51.4 Å². The van der Waals surface area contributed by atoms with Crippen LogP contribution in [-0.2, 0) is 4.79 Å². The molecule has 0 amide bonds. The maximum Gasteiger partial charge on any atom is 0.136 e. The van der Waals surface area contributed by atoms with Crippen LogP contribution in [0.2, 0.25) is 0 Å². The molecule has 0 aromatic rings. The highest BCUT2D eigenvalue weighted by Crippen LogP contribution is 2.57. The summed E-state index contributed by atoms with van der Waals surface area (Å²) in [7, 11) is 0. The van der Waals surface area contributed by atoms with Crippen LogP contribution in [0.25, 0.3) is 0 Å². The van der Waals surface area contributed by atoms with Crippen molar-refractivity contribution in [1.82, 2.24) is 0 Å². The van der Waals surface area contributed by atoms with E-state index in [1.807, 2.05) is 0 Å². The second kappa shape index (κ2) is 4.81.